The minimum Gasteiger partial charge on any atom is -0.455 e. The minimum atomic E-state index is -0.459. The van der Waals surface area contributed by atoms with Gasteiger partial charge in [-0.1, -0.05) is 11.6 Å². The number of anilines is 1. The number of hydrogen-bond acceptors (Lipinski definition) is 5. The van der Waals surface area contributed by atoms with Gasteiger partial charge in [0, 0.05) is 24.7 Å². The van der Waals surface area contributed by atoms with E-state index >= 15 is 0 Å². The van der Waals surface area contributed by atoms with Crippen molar-refractivity contribution in [1.82, 2.24) is 14.9 Å². The molecule has 128 valence electrons. The fourth-order valence-electron chi connectivity index (χ4n) is 2.27. The maximum Gasteiger partial charge on any atom is 0.276 e. The van der Waals surface area contributed by atoms with Crippen molar-refractivity contribution in [1.29, 1.82) is 5.41 Å². The van der Waals surface area contributed by atoms with Crippen LogP contribution in [0.25, 0.3) is 10.9 Å². The summed E-state index contributed by atoms with van der Waals surface area (Å²) in [4.78, 5) is 20.2. The van der Waals surface area contributed by atoms with E-state index in [4.69, 9.17) is 33.2 Å². The topological polar surface area (TPSA) is 134 Å². The number of ether oxygens (including phenoxy) is 1. The smallest absolute Gasteiger partial charge is 0.276 e. The zero-order chi connectivity index (χ0) is 18.1. The molecule has 2 aromatic heterocycles. The zero-order valence-corrected chi connectivity index (χ0v) is 14.0. The summed E-state index contributed by atoms with van der Waals surface area (Å²) >= 11 is 6.22. The number of pyridine rings is 1. The van der Waals surface area contributed by atoms with Crippen LogP contribution < -0.4 is 16.2 Å². The Morgan fingerprint density at radius 3 is 2.80 bits per heavy atom. The third kappa shape index (κ3) is 3.20. The van der Waals surface area contributed by atoms with Gasteiger partial charge in [-0.15, -0.1) is 0 Å². The highest BCUT2D eigenvalue weighted by Crippen LogP contribution is 2.34. The van der Waals surface area contributed by atoms with E-state index in [1.165, 1.54) is 13.2 Å². The summed E-state index contributed by atoms with van der Waals surface area (Å²) in [7, 11) is 1.41. The first-order valence-corrected chi connectivity index (χ1v) is 7.57. The lowest BCUT2D eigenvalue weighted by atomic mass is 10.2. The average Bonchev–Trinajstić information content (AvgIpc) is 3.02. The number of aromatic amines is 1. The van der Waals surface area contributed by atoms with Gasteiger partial charge in [0.05, 0.1) is 10.5 Å². The van der Waals surface area contributed by atoms with Crippen molar-refractivity contribution in [2.45, 2.75) is 0 Å². The van der Waals surface area contributed by atoms with E-state index in [0.717, 1.165) is 4.90 Å². The van der Waals surface area contributed by atoms with Crippen LogP contribution in [0, 0.1) is 5.41 Å². The summed E-state index contributed by atoms with van der Waals surface area (Å²) in [5.74, 6) is 0.472. The average molecular weight is 359 g/mol. The van der Waals surface area contributed by atoms with Gasteiger partial charge in [0.15, 0.2) is 11.7 Å². The van der Waals surface area contributed by atoms with Gasteiger partial charge in [-0.25, -0.2) is 4.98 Å². The zero-order valence-electron chi connectivity index (χ0n) is 13.2. The third-order valence-electron chi connectivity index (χ3n) is 3.58. The molecular weight excluding hydrogens is 344 g/mol. The second-order valence-electron chi connectivity index (χ2n) is 5.29. The predicted molar refractivity (Wildman–Crippen MR) is 96.0 cm³/mol. The molecule has 0 bridgehead atoms. The molecule has 0 aliphatic rings. The number of amides is 1. The Kier molecular flexibility index (Phi) is 4.20. The van der Waals surface area contributed by atoms with Crippen LogP contribution in [0.3, 0.4) is 0 Å². The molecule has 3 aromatic rings. The van der Waals surface area contributed by atoms with Gasteiger partial charge in [-0.3, -0.25) is 15.1 Å². The van der Waals surface area contributed by atoms with Crippen molar-refractivity contribution in [3.05, 3.63) is 47.2 Å². The first-order valence-electron chi connectivity index (χ1n) is 7.19. The van der Waals surface area contributed by atoms with E-state index in [1.54, 1.807) is 30.3 Å². The second kappa shape index (κ2) is 6.33. The number of fused-ring (bicyclic) bond motifs is 1. The number of aromatic nitrogens is 2. The fourth-order valence-corrected chi connectivity index (χ4v) is 2.48. The number of benzene rings is 1. The normalized spacial score (nSPS) is 10.6. The lowest BCUT2D eigenvalue weighted by Crippen LogP contribution is -2.38. The summed E-state index contributed by atoms with van der Waals surface area (Å²) in [6.45, 7) is 0. The van der Waals surface area contributed by atoms with E-state index in [0.29, 0.717) is 33.2 Å². The lowest BCUT2D eigenvalue weighted by molar-refractivity contribution is 0.0864. The van der Waals surface area contributed by atoms with Crippen LogP contribution in [0.15, 0.2) is 36.5 Å². The Labute approximate surface area is 147 Å². The van der Waals surface area contributed by atoms with Gasteiger partial charge in [0.25, 0.3) is 5.91 Å². The van der Waals surface area contributed by atoms with Crippen molar-refractivity contribution in [3.8, 4) is 11.5 Å². The number of rotatable bonds is 3. The van der Waals surface area contributed by atoms with Crippen LogP contribution in [0.1, 0.15) is 10.5 Å². The first kappa shape index (κ1) is 16.6. The molecule has 2 heterocycles. The number of halogens is 1. The summed E-state index contributed by atoms with van der Waals surface area (Å²) in [5.41, 5.74) is 11.8. The Hall–Kier alpha value is -3.26. The Balaban J connectivity index is 2.04. The predicted octanol–water partition coefficient (Wildman–Crippen LogP) is 2.56. The lowest BCUT2D eigenvalue weighted by Gasteiger charge is -2.12. The molecule has 0 spiro atoms. The molecule has 1 aromatic carbocycles. The first-order chi connectivity index (χ1) is 11.9. The van der Waals surface area contributed by atoms with E-state index in [1.807, 2.05) is 0 Å². The van der Waals surface area contributed by atoms with Gasteiger partial charge in [0.1, 0.15) is 17.3 Å². The number of carbonyl (C=O) groups excluding carboxylic acids is 1. The molecule has 0 radical (unpaired) electrons. The Bertz CT molecular complexity index is 984. The molecule has 0 atom stereocenters. The van der Waals surface area contributed by atoms with E-state index < -0.39 is 5.91 Å². The van der Waals surface area contributed by atoms with E-state index in [9.17, 15) is 4.79 Å². The molecule has 0 saturated carbocycles. The summed E-state index contributed by atoms with van der Waals surface area (Å²) in [5, 5.41) is 8.44. The monoisotopic (exact) mass is 358 g/mol. The number of nitrogen functional groups attached to an aromatic ring is 1. The van der Waals surface area contributed by atoms with Crippen molar-refractivity contribution in [2.24, 2.45) is 5.73 Å². The number of nitrogens with one attached hydrogen (secondary N) is 2. The van der Waals surface area contributed by atoms with Gasteiger partial charge in [-0.2, -0.15) is 0 Å². The quantitative estimate of drug-likeness (QED) is 0.421. The van der Waals surface area contributed by atoms with Crippen molar-refractivity contribution < 1.29 is 9.53 Å². The molecule has 0 fully saturated rings. The summed E-state index contributed by atoms with van der Waals surface area (Å²) < 4.78 is 5.83. The molecule has 0 aliphatic carbocycles. The Morgan fingerprint density at radius 2 is 2.12 bits per heavy atom. The van der Waals surface area contributed by atoms with Crippen molar-refractivity contribution in [3.63, 3.8) is 0 Å². The standard InChI is InChI=1S/C16H15ClN6O2/c1-23(16(19)20)15(24)11-7-9-10(17)2-3-12(14(9)22-11)25-8-4-5-21-13(18)6-8/h2-7,22H,1H3,(H2,18,21)(H3,19,20). The molecule has 0 saturated heterocycles. The number of hydrogen-bond donors (Lipinski definition) is 4. The summed E-state index contributed by atoms with van der Waals surface area (Å²) in [6, 6.07) is 8.18. The largest absolute Gasteiger partial charge is 0.455 e. The number of guanidine groups is 1. The van der Waals surface area contributed by atoms with Crippen LogP contribution in [0.2, 0.25) is 5.02 Å². The highest BCUT2D eigenvalue weighted by molar-refractivity contribution is 6.35. The Morgan fingerprint density at radius 1 is 1.36 bits per heavy atom. The number of nitrogens with zero attached hydrogens (tertiary/aromatic N) is 2. The molecule has 6 N–H and O–H groups in total. The van der Waals surface area contributed by atoms with Gasteiger partial charge >= 0.3 is 0 Å². The van der Waals surface area contributed by atoms with Crippen LogP contribution in [-0.4, -0.2) is 33.8 Å². The van der Waals surface area contributed by atoms with Gasteiger partial charge < -0.3 is 21.2 Å². The third-order valence-corrected chi connectivity index (χ3v) is 3.91. The molecular formula is C16H15ClN6O2. The SMILES string of the molecule is CN(C(=N)N)C(=O)c1cc2c(Cl)ccc(Oc3ccnc(N)c3)c2[nH]1. The minimum absolute atomic E-state index is 0.236. The molecule has 9 heteroatoms. The fraction of sp³-hybridized carbons (Fsp3) is 0.0625. The van der Waals surface area contributed by atoms with Crippen molar-refractivity contribution >= 4 is 40.2 Å². The van der Waals surface area contributed by atoms with Crippen LogP contribution in [0.5, 0.6) is 11.5 Å². The highest BCUT2D eigenvalue weighted by Gasteiger charge is 2.19. The molecule has 8 nitrogen and oxygen atoms in total. The van der Waals surface area contributed by atoms with E-state index in [2.05, 4.69) is 9.97 Å². The van der Waals surface area contributed by atoms with Crippen LogP contribution in [0.4, 0.5) is 5.82 Å². The molecule has 0 aliphatic heterocycles. The molecule has 3 rings (SSSR count). The van der Waals surface area contributed by atoms with E-state index in [-0.39, 0.29) is 11.7 Å². The number of carbonyl (C=O) groups is 1. The highest BCUT2D eigenvalue weighted by atomic mass is 35.5. The maximum absolute atomic E-state index is 12.3. The molecule has 0 unspecified atom stereocenters. The van der Waals surface area contributed by atoms with Gasteiger partial charge in [-0.05, 0) is 24.3 Å². The number of nitrogens with two attached hydrogens (primary N) is 2. The van der Waals surface area contributed by atoms with Crippen LogP contribution in [-0.2, 0) is 0 Å². The van der Waals surface area contributed by atoms with Crippen molar-refractivity contribution in [2.75, 3.05) is 12.8 Å². The maximum atomic E-state index is 12.3. The number of H-pyrrole nitrogens is 1. The molecule has 1 amide bonds. The van der Waals surface area contributed by atoms with Gasteiger partial charge in [0.2, 0.25) is 0 Å². The van der Waals surface area contributed by atoms with Crippen LogP contribution >= 0.6 is 11.6 Å². The summed E-state index contributed by atoms with van der Waals surface area (Å²) in [6.07, 6.45) is 1.53. The molecule has 25 heavy (non-hydrogen) atoms. The second-order valence-corrected chi connectivity index (χ2v) is 5.69.